The lowest BCUT2D eigenvalue weighted by atomic mass is 9.84. The highest BCUT2D eigenvalue weighted by molar-refractivity contribution is 5.41. The number of likely N-dealkylation sites (tertiary alicyclic amines) is 1. The van der Waals surface area contributed by atoms with Crippen LogP contribution in [0.3, 0.4) is 0 Å². The van der Waals surface area contributed by atoms with Gasteiger partial charge in [-0.05, 0) is 42.5 Å². The summed E-state index contributed by atoms with van der Waals surface area (Å²) in [5.41, 5.74) is 2.06. The molecule has 1 fully saturated rings. The summed E-state index contributed by atoms with van der Waals surface area (Å²) in [6.45, 7) is 7.30. The zero-order valence-electron chi connectivity index (χ0n) is 12.2. The Morgan fingerprint density at radius 2 is 2.20 bits per heavy atom. The van der Waals surface area contributed by atoms with E-state index < -0.39 is 0 Å². The molecular formula is C17H22FNO. The van der Waals surface area contributed by atoms with Crippen molar-refractivity contribution < 1.29 is 9.50 Å². The van der Waals surface area contributed by atoms with Gasteiger partial charge in [-0.3, -0.25) is 4.90 Å². The molecule has 0 bridgehead atoms. The van der Waals surface area contributed by atoms with E-state index in [9.17, 15) is 4.39 Å². The van der Waals surface area contributed by atoms with Gasteiger partial charge in [-0.25, -0.2) is 4.39 Å². The number of halogens is 1. The van der Waals surface area contributed by atoms with E-state index in [0.29, 0.717) is 11.0 Å². The Morgan fingerprint density at radius 3 is 2.90 bits per heavy atom. The highest BCUT2D eigenvalue weighted by Gasteiger charge is 2.26. The van der Waals surface area contributed by atoms with Crippen LogP contribution in [0.5, 0.6) is 0 Å². The minimum Gasteiger partial charge on any atom is -0.384 e. The van der Waals surface area contributed by atoms with E-state index in [2.05, 4.69) is 30.6 Å². The lowest BCUT2D eigenvalue weighted by molar-refractivity contribution is 0.111. The van der Waals surface area contributed by atoms with Gasteiger partial charge in [0.25, 0.3) is 0 Å². The summed E-state index contributed by atoms with van der Waals surface area (Å²) in [6, 6.07) is 4.74. The van der Waals surface area contributed by atoms with Gasteiger partial charge in [0.2, 0.25) is 0 Å². The van der Waals surface area contributed by atoms with Gasteiger partial charge in [-0.2, -0.15) is 0 Å². The molecule has 1 saturated heterocycles. The van der Waals surface area contributed by atoms with Crippen molar-refractivity contribution in [3.8, 4) is 11.8 Å². The van der Waals surface area contributed by atoms with Crippen molar-refractivity contribution >= 4 is 0 Å². The Labute approximate surface area is 120 Å². The van der Waals surface area contributed by atoms with Gasteiger partial charge >= 0.3 is 0 Å². The number of hydrogen-bond donors (Lipinski definition) is 1. The van der Waals surface area contributed by atoms with Crippen LogP contribution >= 0.6 is 0 Å². The van der Waals surface area contributed by atoms with E-state index in [1.54, 1.807) is 6.07 Å². The number of aliphatic hydroxyl groups excluding tert-OH is 1. The first-order valence-electron chi connectivity index (χ1n) is 7.11. The molecular weight excluding hydrogens is 253 g/mol. The Bertz CT molecular complexity index is 528. The third-order valence-electron chi connectivity index (χ3n) is 3.75. The molecule has 0 aromatic heterocycles. The number of benzene rings is 1. The van der Waals surface area contributed by atoms with E-state index in [1.165, 1.54) is 25.0 Å². The number of aliphatic hydroxyl groups is 1. The molecule has 1 heterocycles. The summed E-state index contributed by atoms with van der Waals surface area (Å²) >= 11 is 0. The maximum Gasteiger partial charge on any atom is 0.124 e. The molecule has 1 aromatic rings. The third-order valence-corrected chi connectivity index (χ3v) is 3.75. The van der Waals surface area contributed by atoms with E-state index >= 15 is 0 Å². The molecule has 0 amide bonds. The van der Waals surface area contributed by atoms with Crippen molar-refractivity contribution in [3.63, 3.8) is 0 Å². The van der Waals surface area contributed by atoms with Gasteiger partial charge < -0.3 is 5.11 Å². The molecule has 0 spiro atoms. The van der Waals surface area contributed by atoms with E-state index in [4.69, 9.17) is 5.11 Å². The lowest BCUT2D eigenvalue weighted by Gasteiger charge is -2.38. The first-order chi connectivity index (χ1) is 9.50. The van der Waals surface area contributed by atoms with Gasteiger partial charge in [-0.15, -0.1) is 0 Å². The Kier molecular flexibility index (Phi) is 4.80. The first-order valence-corrected chi connectivity index (χ1v) is 7.11. The lowest BCUT2D eigenvalue weighted by Crippen LogP contribution is -2.39. The van der Waals surface area contributed by atoms with Gasteiger partial charge in [-0.1, -0.05) is 31.8 Å². The van der Waals surface area contributed by atoms with Crippen LogP contribution in [0.2, 0.25) is 0 Å². The quantitative estimate of drug-likeness (QED) is 0.839. The molecule has 0 radical (unpaired) electrons. The molecule has 0 saturated carbocycles. The van der Waals surface area contributed by atoms with Crippen LogP contribution < -0.4 is 0 Å². The number of piperidine rings is 1. The Hall–Kier alpha value is -1.37. The number of hydrogen-bond acceptors (Lipinski definition) is 2. The minimum atomic E-state index is -0.282. The van der Waals surface area contributed by atoms with Crippen LogP contribution in [-0.2, 0) is 6.54 Å². The predicted octanol–water partition coefficient (Wildman–Crippen LogP) is 2.79. The number of nitrogens with zero attached hydrogens (tertiary/aromatic N) is 1. The summed E-state index contributed by atoms with van der Waals surface area (Å²) in [6.07, 6.45) is 2.45. The van der Waals surface area contributed by atoms with Crippen molar-refractivity contribution in [2.75, 3.05) is 19.7 Å². The topological polar surface area (TPSA) is 23.5 Å². The zero-order valence-corrected chi connectivity index (χ0v) is 12.2. The molecule has 1 N–H and O–H groups in total. The second kappa shape index (κ2) is 6.39. The third kappa shape index (κ3) is 4.06. The van der Waals surface area contributed by atoms with Gasteiger partial charge in [0.15, 0.2) is 0 Å². The van der Waals surface area contributed by atoms with Gasteiger partial charge in [0, 0.05) is 18.7 Å². The van der Waals surface area contributed by atoms with Crippen molar-refractivity contribution in [1.29, 1.82) is 0 Å². The van der Waals surface area contributed by atoms with Crippen LogP contribution in [0.15, 0.2) is 18.2 Å². The fourth-order valence-corrected chi connectivity index (χ4v) is 2.86. The summed E-state index contributed by atoms with van der Waals surface area (Å²) in [4.78, 5) is 2.40. The van der Waals surface area contributed by atoms with E-state index in [1.807, 2.05) is 0 Å². The second-order valence-corrected chi connectivity index (χ2v) is 6.24. The molecule has 108 valence electrons. The molecule has 2 nitrogen and oxygen atoms in total. The molecule has 0 aliphatic carbocycles. The van der Waals surface area contributed by atoms with E-state index in [-0.39, 0.29) is 12.4 Å². The fraction of sp³-hybridized carbons (Fsp3) is 0.529. The summed E-state index contributed by atoms with van der Waals surface area (Å²) in [5, 5.41) is 8.80. The molecule has 3 heteroatoms. The van der Waals surface area contributed by atoms with Crippen molar-refractivity contribution in [2.45, 2.75) is 33.2 Å². The Balaban J connectivity index is 2.16. The molecule has 1 aliphatic rings. The molecule has 0 atom stereocenters. The van der Waals surface area contributed by atoms with Crippen molar-refractivity contribution in [3.05, 3.63) is 35.1 Å². The van der Waals surface area contributed by atoms with Crippen LogP contribution in [0, 0.1) is 23.1 Å². The standard InChI is InChI=1S/C17H22FNO/c1-17(2)8-4-9-19(13-17)12-15-6-7-16(18)11-14(15)5-3-10-20/h6-7,11,20H,4,8-10,12-13H2,1-2H3. The SMILES string of the molecule is CC1(C)CCCN(Cc2ccc(F)cc2C#CCO)C1. The molecule has 20 heavy (non-hydrogen) atoms. The monoisotopic (exact) mass is 275 g/mol. The minimum absolute atomic E-state index is 0.202. The van der Waals surface area contributed by atoms with Crippen LogP contribution in [0.4, 0.5) is 4.39 Å². The molecule has 0 unspecified atom stereocenters. The number of rotatable bonds is 2. The van der Waals surface area contributed by atoms with Crippen molar-refractivity contribution in [1.82, 2.24) is 4.90 Å². The van der Waals surface area contributed by atoms with Crippen LogP contribution in [-0.4, -0.2) is 29.7 Å². The van der Waals surface area contributed by atoms with Gasteiger partial charge in [0.05, 0.1) is 0 Å². The fourth-order valence-electron chi connectivity index (χ4n) is 2.86. The van der Waals surface area contributed by atoms with Crippen molar-refractivity contribution in [2.24, 2.45) is 5.41 Å². The molecule has 1 aromatic carbocycles. The smallest absolute Gasteiger partial charge is 0.124 e. The highest BCUT2D eigenvalue weighted by atomic mass is 19.1. The van der Waals surface area contributed by atoms with E-state index in [0.717, 1.165) is 25.2 Å². The summed E-state index contributed by atoms with van der Waals surface area (Å²) in [5.74, 6) is 5.17. The zero-order chi connectivity index (χ0) is 14.6. The normalized spacial score (nSPS) is 18.4. The average Bonchev–Trinajstić information content (AvgIpc) is 2.38. The average molecular weight is 275 g/mol. The maximum atomic E-state index is 13.3. The predicted molar refractivity (Wildman–Crippen MR) is 78.7 cm³/mol. The Morgan fingerprint density at radius 1 is 1.40 bits per heavy atom. The van der Waals surface area contributed by atoms with Crippen LogP contribution in [0.25, 0.3) is 0 Å². The highest BCUT2D eigenvalue weighted by Crippen LogP contribution is 2.29. The largest absolute Gasteiger partial charge is 0.384 e. The molecule has 1 aliphatic heterocycles. The molecule has 2 rings (SSSR count). The summed E-state index contributed by atoms with van der Waals surface area (Å²) < 4.78 is 13.3. The maximum absolute atomic E-state index is 13.3. The summed E-state index contributed by atoms with van der Waals surface area (Å²) in [7, 11) is 0. The van der Waals surface area contributed by atoms with Gasteiger partial charge in [0.1, 0.15) is 12.4 Å². The second-order valence-electron chi connectivity index (χ2n) is 6.24. The first kappa shape index (κ1) is 15.0. The van der Waals surface area contributed by atoms with Crippen LogP contribution in [0.1, 0.15) is 37.8 Å².